The van der Waals surface area contributed by atoms with E-state index in [1.165, 1.54) is 0 Å². The molecule has 0 aromatic carbocycles. The van der Waals surface area contributed by atoms with Crippen molar-refractivity contribution in [3.8, 4) is 0 Å². The summed E-state index contributed by atoms with van der Waals surface area (Å²) in [6.45, 7) is 3.15. The molecule has 21 heavy (non-hydrogen) atoms. The van der Waals surface area contributed by atoms with E-state index in [1.807, 2.05) is 17.8 Å². The number of thioether (sulfide) groups is 1. The number of fused-ring (bicyclic) bond motifs is 1. The van der Waals surface area contributed by atoms with Gasteiger partial charge in [0.15, 0.2) is 0 Å². The van der Waals surface area contributed by atoms with Crippen LogP contribution >= 0.6 is 23.4 Å². The average molecular weight is 324 g/mol. The van der Waals surface area contributed by atoms with Gasteiger partial charge in [-0.05, 0) is 38.1 Å². The first-order valence-corrected chi connectivity index (χ1v) is 8.42. The number of rotatable bonds is 4. The van der Waals surface area contributed by atoms with Gasteiger partial charge in [-0.3, -0.25) is 0 Å². The number of piperidine rings is 1. The van der Waals surface area contributed by atoms with Gasteiger partial charge in [0.2, 0.25) is 0 Å². The van der Waals surface area contributed by atoms with Crippen LogP contribution in [-0.2, 0) is 0 Å². The van der Waals surface area contributed by atoms with Crippen molar-refractivity contribution in [1.29, 1.82) is 0 Å². The molecule has 0 radical (unpaired) electrons. The number of pyridine rings is 2. The maximum absolute atomic E-state index is 8.97. The normalized spacial score (nSPS) is 17.4. The number of hydrogen-bond acceptors (Lipinski definition) is 5. The van der Waals surface area contributed by atoms with Gasteiger partial charge in [-0.1, -0.05) is 11.6 Å². The van der Waals surface area contributed by atoms with Gasteiger partial charge >= 0.3 is 0 Å². The number of likely N-dealkylation sites (tertiary alicyclic amines) is 1. The summed E-state index contributed by atoms with van der Waals surface area (Å²) in [5.74, 6) is 0. The fourth-order valence-corrected chi connectivity index (χ4v) is 3.84. The van der Waals surface area contributed by atoms with Crippen LogP contribution in [0, 0.1) is 0 Å². The second-order valence-corrected chi connectivity index (χ2v) is 6.94. The molecule has 0 amide bonds. The Balaban J connectivity index is 1.65. The molecule has 1 aliphatic rings. The number of nitrogens with zero attached hydrogens (tertiary/aromatic N) is 3. The fraction of sp³-hybridized carbons (Fsp3) is 0.467. The zero-order chi connectivity index (χ0) is 14.7. The van der Waals surface area contributed by atoms with Crippen LogP contribution in [0.3, 0.4) is 0 Å². The molecule has 0 spiro atoms. The quantitative estimate of drug-likeness (QED) is 0.877. The minimum Gasteiger partial charge on any atom is -0.395 e. The van der Waals surface area contributed by atoms with E-state index in [0.717, 1.165) is 48.4 Å². The van der Waals surface area contributed by atoms with Crippen LogP contribution in [0.2, 0.25) is 5.15 Å². The molecule has 3 rings (SSSR count). The first-order chi connectivity index (χ1) is 10.2. The van der Waals surface area contributed by atoms with Gasteiger partial charge in [0, 0.05) is 29.4 Å². The molecule has 1 N–H and O–H groups in total. The number of aliphatic hydroxyl groups is 1. The lowest BCUT2D eigenvalue weighted by atomic mass is 10.1. The third kappa shape index (κ3) is 3.86. The maximum atomic E-state index is 8.97. The number of hydrogen-bond donors (Lipinski definition) is 1. The van der Waals surface area contributed by atoms with E-state index in [1.54, 1.807) is 6.20 Å². The first kappa shape index (κ1) is 15.0. The van der Waals surface area contributed by atoms with Crippen LogP contribution in [0.5, 0.6) is 0 Å². The van der Waals surface area contributed by atoms with Gasteiger partial charge in [-0.15, -0.1) is 11.8 Å². The van der Waals surface area contributed by atoms with Gasteiger partial charge in [0.25, 0.3) is 0 Å². The highest BCUT2D eigenvalue weighted by Crippen LogP contribution is 2.30. The molecule has 1 fully saturated rings. The van der Waals surface area contributed by atoms with Crippen LogP contribution < -0.4 is 0 Å². The van der Waals surface area contributed by atoms with Gasteiger partial charge in [-0.25, -0.2) is 9.97 Å². The monoisotopic (exact) mass is 323 g/mol. The number of halogens is 1. The zero-order valence-electron chi connectivity index (χ0n) is 11.7. The highest BCUT2D eigenvalue weighted by atomic mass is 35.5. The Kier molecular flexibility index (Phi) is 4.95. The van der Waals surface area contributed by atoms with Crippen LogP contribution in [0.4, 0.5) is 0 Å². The molecule has 2 aromatic rings. The van der Waals surface area contributed by atoms with Crippen LogP contribution in [-0.4, -0.2) is 51.5 Å². The molecule has 1 aliphatic heterocycles. The lowest BCUT2D eigenvalue weighted by Crippen LogP contribution is -2.36. The van der Waals surface area contributed by atoms with Gasteiger partial charge < -0.3 is 10.0 Å². The van der Waals surface area contributed by atoms with E-state index in [9.17, 15) is 0 Å². The molecule has 1 saturated heterocycles. The van der Waals surface area contributed by atoms with E-state index in [0.29, 0.717) is 10.4 Å². The van der Waals surface area contributed by atoms with E-state index in [4.69, 9.17) is 16.7 Å². The van der Waals surface area contributed by atoms with Crippen LogP contribution in [0.1, 0.15) is 12.8 Å². The van der Waals surface area contributed by atoms with E-state index < -0.39 is 0 Å². The lowest BCUT2D eigenvalue weighted by Gasteiger charge is -2.30. The second kappa shape index (κ2) is 6.92. The fourth-order valence-electron chi connectivity index (χ4n) is 2.60. The Morgan fingerprint density at radius 2 is 2.14 bits per heavy atom. The Morgan fingerprint density at radius 1 is 1.33 bits per heavy atom. The second-order valence-electron chi connectivity index (χ2n) is 5.23. The van der Waals surface area contributed by atoms with Gasteiger partial charge in [-0.2, -0.15) is 0 Å². The molecule has 112 valence electrons. The predicted molar refractivity (Wildman–Crippen MR) is 87.0 cm³/mol. The van der Waals surface area contributed by atoms with E-state index >= 15 is 0 Å². The van der Waals surface area contributed by atoms with Crippen molar-refractivity contribution >= 4 is 34.3 Å². The molecular formula is C15H18ClN3OS. The number of β-amino-alcohol motifs (C(OH)–C–C–N with tert-alkyl or cyclic N) is 1. The topological polar surface area (TPSA) is 49.2 Å². The van der Waals surface area contributed by atoms with Crippen molar-refractivity contribution in [2.24, 2.45) is 0 Å². The smallest absolute Gasteiger partial charge is 0.131 e. The molecule has 2 aromatic heterocycles. The highest BCUT2D eigenvalue weighted by Gasteiger charge is 2.20. The minimum absolute atomic E-state index is 0.249. The van der Waals surface area contributed by atoms with Crippen molar-refractivity contribution in [2.45, 2.75) is 23.1 Å². The summed E-state index contributed by atoms with van der Waals surface area (Å²) in [4.78, 5) is 11.1. The molecule has 3 heterocycles. The summed E-state index contributed by atoms with van der Waals surface area (Å²) < 4.78 is 0. The standard InChI is InChI=1S/C15H18ClN3OS/c16-14-9-13-11(10-17-14)1-2-15(18-13)21-12-3-5-19(6-4-12)7-8-20/h1-2,9-10,12,20H,3-8H2. The molecule has 0 bridgehead atoms. The molecule has 0 unspecified atom stereocenters. The Hall–Kier alpha value is -0.880. The van der Waals surface area contributed by atoms with Crippen molar-refractivity contribution in [2.75, 3.05) is 26.2 Å². The summed E-state index contributed by atoms with van der Waals surface area (Å²) in [7, 11) is 0. The van der Waals surface area contributed by atoms with E-state index in [-0.39, 0.29) is 6.61 Å². The number of aliphatic hydroxyl groups excluding tert-OH is 1. The largest absolute Gasteiger partial charge is 0.395 e. The minimum atomic E-state index is 0.249. The third-order valence-electron chi connectivity index (χ3n) is 3.75. The molecule has 0 atom stereocenters. The van der Waals surface area contributed by atoms with Gasteiger partial charge in [0.1, 0.15) is 5.15 Å². The van der Waals surface area contributed by atoms with Crippen LogP contribution in [0.15, 0.2) is 29.4 Å². The summed E-state index contributed by atoms with van der Waals surface area (Å²) in [6, 6.07) is 5.92. The van der Waals surface area contributed by atoms with Crippen molar-refractivity contribution in [3.63, 3.8) is 0 Å². The van der Waals surface area contributed by atoms with Crippen LogP contribution in [0.25, 0.3) is 10.9 Å². The molecule has 0 saturated carbocycles. The summed E-state index contributed by atoms with van der Waals surface area (Å²) in [5, 5.41) is 12.1. The Morgan fingerprint density at radius 3 is 2.90 bits per heavy atom. The number of aromatic nitrogens is 2. The average Bonchev–Trinajstić information content (AvgIpc) is 2.49. The van der Waals surface area contributed by atoms with Gasteiger partial charge in [0.05, 0.1) is 17.1 Å². The predicted octanol–water partition coefficient (Wildman–Crippen LogP) is 2.83. The Labute approximate surface area is 133 Å². The SMILES string of the molecule is OCCN1CCC(Sc2ccc3cnc(Cl)cc3n2)CC1. The molecular weight excluding hydrogens is 306 g/mol. The first-order valence-electron chi connectivity index (χ1n) is 7.17. The van der Waals surface area contributed by atoms with Crippen molar-refractivity contribution in [1.82, 2.24) is 14.9 Å². The molecule has 0 aliphatic carbocycles. The summed E-state index contributed by atoms with van der Waals surface area (Å²) in [6.07, 6.45) is 4.04. The van der Waals surface area contributed by atoms with Crippen molar-refractivity contribution in [3.05, 3.63) is 29.5 Å². The maximum Gasteiger partial charge on any atom is 0.131 e. The zero-order valence-corrected chi connectivity index (χ0v) is 13.3. The Bertz CT molecular complexity index is 617. The lowest BCUT2D eigenvalue weighted by molar-refractivity contribution is 0.175. The third-order valence-corrected chi connectivity index (χ3v) is 5.23. The van der Waals surface area contributed by atoms with Crippen molar-refractivity contribution < 1.29 is 5.11 Å². The van der Waals surface area contributed by atoms with E-state index in [2.05, 4.69) is 27.0 Å². The molecule has 4 nitrogen and oxygen atoms in total. The molecule has 6 heteroatoms. The summed E-state index contributed by atoms with van der Waals surface area (Å²) in [5.41, 5.74) is 0.901. The summed E-state index contributed by atoms with van der Waals surface area (Å²) >= 11 is 7.77. The highest BCUT2D eigenvalue weighted by molar-refractivity contribution is 7.99.